The Bertz CT molecular complexity index is 1610. The topological polar surface area (TPSA) is 253 Å². The van der Waals surface area contributed by atoms with Crippen molar-refractivity contribution in [1.29, 1.82) is 5.41 Å². The summed E-state index contributed by atoms with van der Waals surface area (Å²) < 4.78 is 44.5. The van der Waals surface area contributed by atoms with E-state index < -0.39 is 94.2 Å². The Balaban J connectivity index is 2.18. The number of carbonyl (C=O) groups excluding carboxylic acids is 5. The molecule has 2 aliphatic rings. The van der Waals surface area contributed by atoms with Gasteiger partial charge in [0.2, 0.25) is 17.6 Å². The SMILES string of the molecule is COC(=O)C1=CC(N(C(=N)NC(=O)OC(C)(C)C)C(=O)OC(C)(C)C)C(NC(C)=O)C(C(OC(=O)Oc2ccc([N+](=O)[O-])cc2)C2COC(C)(C)O2)O1. The Morgan fingerprint density at radius 2 is 1.64 bits per heavy atom. The zero-order valence-corrected chi connectivity index (χ0v) is 31.0. The average Bonchev–Trinajstić information content (AvgIpc) is 3.37. The Morgan fingerprint density at radius 3 is 2.13 bits per heavy atom. The summed E-state index contributed by atoms with van der Waals surface area (Å²) in [6.45, 7) is 13.4. The second-order valence-electron chi connectivity index (χ2n) is 14.2. The van der Waals surface area contributed by atoms with Crippen LogP contribution in [0.15, 0.2) is 36.1 Å². The summed E-state index contributed by atoms with van der Waals surface area (Å²) in [7, 11) is 1.04. The molecule has 1 fully saturated rings. The fourth-order valence-corrected chi connectivity index (χ4v) is 5.07. The number of guanidine groups is 1. The lowest BCUT2D eigenvalue weighted by Crippen LogP contribution is -2.67. The number of amides is 3. The fraction of sp³-hybridized carbons (Fsp3) is 0.576. The van der Waals surface area contributed by atoms with Crippen molar-refractivity contribution in [2.24, 2.45) is 0 Å². The predicted molar refractivity (Wildman–Crippen MR) is 180 cm³/mol. The van der Waals surface area contributed by atoms with Gasteiger partial charge in [0.15, 0.2) is 18.0 Å². The Hall–Kier alpha value is -5.50. The third kappa shape index (κ3) is 12.0. The summed E-state index contributed by atoms with van der Waals surface area (Å²) in [5, 5.41) is 24.7. The highest BCUT2D eigenvalue weighted by Crippen LogP contribution is 2.34. The summed E-state index contributed by atoms with van der Waals surface area (Å²) in [5.74, 6) is -4.60. The van der Waals surface area contributed by atoms with Crippen LogP contribution < -0.4 is 15.4 Å². The fourth-order valence-electron chi connectivity index (χ4n) is 5.07. The van der Waals surface area contributed by atoms with E-state index in [0.717, 1.165) is 44.4 Å². The molecular weight excluding hydrogens is 706 g/mol. The number of esters is 1. The number of nitro groups is 1. The number of non-ortho nitro benzene ring substituents is 1. The summed E-state index contributed by atoms with van der Waals surface area (Å²) >= 11 is 0. The molecule has 2 heterocycles. The van der Waals surface area contributed by atoms with E-state index in [1.54, 1.807) is 55.4 Å². The number of hydrogen-bond acceptors (Lipinski definition) is 16. The monoisotopic (exact) mass is 751 g/mol. The van der Waals surface area contributed by atoms with Crippen LogP contribution in [-0.4, -0.2) is 107 Å². The summed E-state index contributed by atoms with van der Waals surface area (Å²) in [6, 6.07) is 1.39. The predicted octanol–water partition coefficient (Wildman–Crippen LogP) is 3.66. The number of nitrogens with one attached hydrogen (secondary N) is 3. The van der Waals surface area contributed by atoms with Gasteiger partial charge < -0.3 is 43.2 Å². The van der Waals surface area contributed by atoms with Crippen LogP contribution in [0, 0.1) is 15.5 Å². The highest BCUT2D eigenvalue weighted by Gasteiger charge is 2.53. The second-order valence-corrected chi connectivity index (χ2v) is 14.2. The van der Waals surface area contributed by atoms with Crippen LogP contribution in [-0.2, 0) is 42.7 Å². The number of alkyl carbamates (subject to hydrolysis) is 1. The van der Waals surface area contributed by atoms with Crippen molar-refractivity contribution in [2.45, 2.75) is 110 Å². The molecule has 53 heavy (non-hydrogen) atoms. The molecule has 1 aromatic rings. The number of nitrogens with zero attached hydrogens (tertiary/aromatic N) is 2. The molecule has 0 radical (unpaired) electrons. The van der Waals surface area contributed by atoms with Gasteiger partial charge in [-0.2, -0.15) is 0 Å². The first kappa shape index (κ1) is 41.9. The minimum Gasteiger partial charge on any atom is -0.477 e. The smallest absolute Gasteiger partial charge is 0.477 e. The van der Waals surface area contributed by atoms with E-state index in [2.05, 4.69) is 10.6 Å². The largest absolute Gasteiger partial charge is 0.514 e. The number of rotatable bonds is 8. The molecule has 0 spiro atoms. The lowest BCUT2D eigenvalue weighted by molar-refractivity contribution is -0.384. The average molecular weight is 752 g/mol. The van der Waals surface area contributed by atoms with Crippen LogP contribution >= 0.6 is 0 Å². The van der Waals surface area contributed by atoms with Gasteiger partial charge in [-0.15, -0.1) is 0 Å². The van der Waals surface area contributed by atoms with Crippen molar-refractivity contribution < 1.29 is 66.8 Å². The quantitative estimate of drug-likeness (QED) is 0.0652. The van der Waals surface area contributed by atoms with Gasteiger partial charge in [0.25, 0.3) is 5.69 Å². The molecule has 292 valence electrons. The normalized spacial score (nSPS) is 21.4. The second kappa shape index (κ2) is 16.4. The van der Waals surface area contributed by atoms with E-state index in [0.29, 0.717) is 4.90 Å². The van der Waals surface area contributed by atoms with Crippen LogP contribution in [0.3, 0.4) is 0 Å². The molecule has 3 rings (SSSR count). The number of benzene rings is 1. The van der Waals surface area contributed by atoms with Gasteiger partial charge in [-0.3, -0.25) is 25.6 Å². The van der Waals surface area contributed by atoms with Crippen LogP contribution in [0.1, 0.15) is 62.3 Å². The van der Waals surface area contributed by atoms with Crippen molar-refractivity contribution in [2.75, 3.05) is 13.7 Å². The van der Waals surface area contributed by atoms with Gasteiger partial charge in [0.05, 0.1) is 30.7 Å². The number of methoxy groups -OCH3 is 1. The molecular formula is C33H45N5O15. The molecule has 3 amide bonds. The molecule has 0 aliphatic carbocycles. The highest BCUT2D eigenvalue weighted by atomic mass is 16.8. The summed E-state index contributed by atoms with van der Waals surface area (Å²) in [5.41, 5.74) is -2.43. The third-order valence-corrected chi connectivity index (χ3v) is 7.01. The molecule has 1 saturated heterocycles. The van der Waals surface area contributed by atoms with Crippen LogP contribution in [0.25, 0.3) is 0 Å². The third-order valence-electron chi connectivity index (χ3n) is 7.01. The maximum absolute atomic E-state index is 13.9. The number of nitro benzene ring substituents is 1. The summed E-state index contributed by atoms with van der Waals surface area (Å²) in [4.78, 5) is 77.0. The van der Waals surface area contributed by atoms with E-state index in [9.17, 15) is 34.1 Å². The van der Waals surface area contributed by atoms with Gasteiger partial charge in [0.1, 0.15) is 23.1 Å². The lowest BCUT2D eigenvalue weighted by atomic mass is 9.91. The van der Waals surface area contributed by atoms with Crippen LogP contribution in [0.5, 0.6) is 5.75 Å². The molecule has 5 atom stereocenters. The number of hydrogen-bond donors (Lipinski definition) is 3. The van der Waals surface area contributed by atoms with Gasteiger partial charge in [-0.1, -0.05) is 0 Å². The van der Waals surface area contributed by atoms with Gasteiger partial charge in [-0.25, -0.2) is 24.1 Å². The first-order valence-electron chi connectivity index (χ1n) is 16.2. The molecule has 0 bridgehead atoms. The van der Waals surface area contributed by atoms with Gasteiger partial charge in [-0.05, 0) is 73.6 Å². The number of carbonyl (C=O) groups is 5. The van der Waals surface area contributed by atoms with E-state index in [1.165, 1.54) is 0 Å². The highest BCUT2D eigenvalue weighted by molar-refractivity contribution is 6.00. The van der Waals surface area contributed by atoms with Gasteiger partial charge in [0, 0.05) is 19.1 Å². The van der Waals surface area contributed by atoms with Gasteiger partial charge >= 0.3 is 24.3 Å². The molecule has 2 aliphatic heterocycles. The zero-order chi connectivity index (χ0) is 40.1. The Labute approximate surface area is 304 Å². The van der Waals surface area contributed by atoms with Crippen LogP contribution in [0.4, 0.5) is 20.1 Å². The van der Waals surface area contributed by atoms with E-state index in [-0.39, 0.29) is 18.0 Å². The van der Waals surface area contributed by atoms with E-state index in [1.807, 2.05) is 0 Å². The first-order chi connectivity index (χ1) is 24.4. The maximum Gasteiger partial charge on any atom is 0.514 e. The molecule has 1 aromatic carbocycles. The maximum atomic E-state index is 13.9. The standard InChI is InChI=1S/C33H45N5O15/c1-17(39)35-23-20(37(29(42)53-32(5,6)7)27(34)36-28(41)52-31(2,3)4)15-21(26(40)46-10)49-25(23)24(22-16-47-33(8,9)51-22)50-30(43)48-19-13-11-18(12-14-19)38(44)45/h11-15,20,22-25H,16H2,1-10H3,(H,35,39)(H2,34,36,41). The minimum atomic E-state index is -1.64. The summed E-state index contributed by atoms with van der Waals surface area (Å²) in [6.07, 6.45) is -7.09. The number of ether oxygens (including phenoxy) is 8. The first-order valence-corrected chi connectivity index (χ1v) is 16.2. The zero-order valence-electron chi connectivity index (χ0n) is 31.0. The molecule has 20 nitrogen and oxygen atoms in total. The van der Waals surface area contributed by atoms with Crippen molar-refractivity contribution in [3.05, 3.63) is 46.2 Å². The van der Waals surface area contributed by atoms with Crippen molar-refractivity contribution in [3.63, 3.8) is 0 Å². The Morgan fingerprint density at radius 1 is 1.04 bits per heavy atom. The molecule has 20 heteroatoms. The molecule has 0 aromatic heterocycles. The van der Waals surface area contributed by atoms with Crippen LogP contribution in [0.2, 0.25) is 0 Å². The lowest BCUT2D eigenvalue weighted by Gasteiger charge is -2.44. The van der Waals surface area contributed by atoms with E-state index in [4.69, 9.17) is 43.3 Å². The molecule has 5 unspecified atom stereocenters. The Kier molecular flexibility index (Phi) is 13.0. The van der Waals surface area contributed by atoms with Crippen molar-refractivity contribution in [3.8, 4) is 5.75 Å². The molecule has 3 N–H and O–H groups in total. The van der Waals surface area contributed by atoms with Crippen molar-refractivity contribution >= 4 is 41.9 Å². The molecule has 0 saturated carbocycles. The van der Waals surface area contributed by atoms with Crippen molar-refractivity contribution in [1.82, 2.24) is 15.5 Å². The van der Waals surface area contributed by atoms with E-state index >= 15 is 0 Å². The minimum absolute atomic E-state index is 0.142.